The second-order valence-corrected chi connectivity index (χ2v) is 6.54. The first-order valence-corrected chi connectivity index (χ1v) is 7.76. The van der Waals surface area contributed by atoms with Gasteiger partial charge in [0.25, 0.3) is 0 Å². The van der Waals surface area contributed by atoms with E-state index in [0.29, 0.717) is 36.9 Å². The predicted octanol–water partition coefficient (Wildman–Crippen LogP) is 0.912. The van der Waals surface area contributed by atoms with Crippen molar-refractivity contribution >= 4 is 21.4 Å². The van der Waals surface area contributed by atoms with E-state index in [1.165, 1.54) is 11.3 Å². The number of nitrogens with two attached hydrogens (primary N) is 1. The smallest absolute Gasteiger partial charge is 0.250 e. The van der Waals surface area contributed by atoms with Crippen LogP contribution < -0.4 is 10.5 Å². The van der Waals surface area contributed by atoms with Gasteiger partial charge in [0.15, 0.2) is 0 Å². The number of hydrogen-bond acceptors (Lipinski definition) is 5. The summed E-state index contributed by atoms with van der Waals surface area (Å²) in [6, 6.07) is 3.32. The van der Waals surface area contributed by atoms with E-state index in [-0.39, 0.29) is 0 Å². The summed E-state index contributed by atoms with van der Waals surface area (Å²) >= 11 is 1.20. The summed E-state index contributed by atoms with van der Waals surface area (Å²) < 4.78 is 31.6. The Morgan fingerprint density at radius 1 is 1.47 bits per heavy atom. The van der Waals surface area contributed by atoms with Crippen molar-refractivity contribution < 1.29 is 13.2 Å². The number of nitrogens with one attached hydrogen (secondary N) is 1. The molecular formula is C10H18N2O3S2. The minimum absolute atomic E-state index is 0.314. The summed E-state index contributed by atoms with van der Waals surface area (Å²) in [5.41, 5.74) is 5.44. The van der Waals surface area contributed by atoms with Crippen LogP contribution in [0.25, 0.3) is 0 Å². The largest absolute Gasteiger partial charge is 0.382 e. The van der Waals surface area contributed by atoms with Gasteiger partial charge in [0.1, 0.15) is 4.21 Å². The van der Waals surface area contributed by atoms with Crippen LogP contribution in [0, 0.1) is 0 Å². The van der Waals surface area contributed by atoms with Gasteiger partial charge in [-0.25, -0.2) is 13.1 Å². The zero-order chi connectivity index (χ0) is 12.7. The molecule has 0 aliphatic heterocycles. The molecule has 0 aromatic carbocycles. The molecule has 1 aromatic rings. The van der Waals surface area contributed by atoms with Crippen LogP contribution in [0.5, 0.6) is 0 Å². The second-order valence-electron chi connectivity index (χ2n) is 3.37. The normalized spacial score (nSPS) is 11.9. The van der Waals surface area contributed by atoms with Crippen LogP contribution in [-0.4, -0.2) is 28.2 Å². The van der Waals surface area contributed by atoms with Crippen molar-refractivity contribution in [2.75, 3.05) is 19.8 Å². The molecule has 17 heavy (non-hydrogen) atoms. The van der Waals surface area contributed by atoms with Crippen molar-refractivity contribution in [1.82, 2.24) is 4.72 Å². The Hall–Kier alpha value is -0.470. The average molecular weight is 278 g/mol. The number of rotatable bonds is 8. The van der Waals surface area contributed by atoms with Crippen molar-refractivity contribution in [2.45, 2.75) is 24.1 Å². The molecule has 0 bridgehead atoms. The van der Waals surface area contributed by atoms with Crippen molar-refractivity contribution in [3.63, 3.8) is 0 Å². The van der Waals surface area contributed by atoms with Crippen molar-refractivity contribution in [3.8, 4) is 0 Å². The van der Waals surface area contributed by atoms with Gasteiger partial charge >= 0.3 is 0 Å². The molecule has 1 heterocycles. The summed E-state index contributed by atoms with van der Waals surface area (Å²) in [5.74, 6) is 0. The van der Waals surface area contributed by atoms with E-state index < -0.39 is 10.0 Å². The standard InChI is InChI=1S/C10H18N2O3S2/c1-2-15-7-3-6-12-17(13,14)10-5-4-9(8-11)16-10/h4-5,12H,2-3,6-8,11H2,1H3. The van der Waals surface area contributed by atoms with Gasteiger partial charge in [-0.3, -0.25) is 0 Å². The highest BCUT2D eigenvalue weighted by Gasteiger charge is 2.15. The fourth-order valence-corrected chi connectivity index (χ4v) is 3.56. The first kappa shape index (κ1) is 14.6. The van der Waals surface area contributed by atoms with E-state index in [0.717, 1.165) is 4.88 Å². The second kappa shape index (κ2) is 7.07. The maximum absolute atomic E-state index is 11.8. The molecule has 0 radical (unpaired) electrons. The highest BCUT2D eigenvalue weighted by atomic mass is 32.2. The summed E-state index contributed by atoms with van der Waals surface area (Å²) in [6.07, 6.45) is 0.669. The van der Waals surface area contributed by atoms with Crippen LogP contribution in [0.3, 0.4) is 0 Å². The highest BCUT2D eigenvalue weighted by molar-refractivity contribution is 7.91. The topological polar surface area (TPSA) is 81.4 Å². The molecule has 0 unspecified atom stereocenters. The molecule has 1 rings (SSSR count). The Balaban J connectivity index is 2.45. The third-order valence-electron chi connectivity index (χ3n) is 2.06. The fourth-order valence-electron chi connectivity index (χ4n) is 1.21. The van der Waals surface area contributed by atoms with E-state index in [4.69, 9.17) is 10.5 Å². The van der Waals surface area contributed by atoms with E-state index in [1.54, 1.807) is 12.1 Å². The van der Waals surface area contributed by atoms with Crippen molar-refractivity contribution in [1.29, 1.82) is 0 Å². The lowest BCUT2D eigenvalue weighted by atomic mass is 10.5. The predicted molar refractivity (Wildman–Crippen MR) is 68.5 cm³/mol. The molecule has 0 saturated carbocycles. The molecule has 0 saturated heterocycles. The molecular weight excluding hydrogens is 260 g/mol. The first-order valence-electron chi connectivity index (χ1n) is 5.46. The summed E-state index contributed by atoms with van der Waals surface area (Å²) in [4.78, 5) is 0.861. The molecule has 0 aliphatic carbocycles. The minimum Gasteiger partial charge on any atom is -0.382 e. The lowest BCUT2D eigenvalue weighted by Crippen LogP contribution is -2.24. The number of sulfonamides is 1. The zero-order valence-corrected chi connectivity index (χ0v) is 11.4. The van der Waals surface area contributed by atoms with E-state index in [9.17, 15) is 8.42 Å². The van der Waals surface area contributed by atoms with Crippen LogP contribution in [0.4, 0.5) is 0 Å². The Morgan fingerprint density at radius 2 is 2.24 bits per heavy atom. The SMILES string of the molecule is CCOCCCNS(=O)(=O)c1ccc(CN)s1. The minimum atomic E-state index is -3.38. The quantitative estimate of drug-likeness (QED) is 0.693. The molecule has 3 N–H and O–H groups in total. The molecule has 0 fully saturated rings. The maximum atomic E-state index is 11.8. The Bertz CT molecular complexity index is 429. The third-order valence-corrected chi connectivity index (χ3v) is 5.13. The van der Waals surface area contributed by atoms with Gasteiger partial charge < -0.3 is 10.5 Å². The van der Waals surface area contributed by atoms with Crippen molar-refractivity contribution in [3.05, 3.63) is 17.0 Å². The Labute approximate surface area is 106 Å². The fraction of sp³-hybridized carbons (Fsp3) is 0.600. The van der Waals surface area contributed by atoms with Crippen LogP contribution in [0.15, 0.2) is 16.3 Å². The van der Waals surface area contributed by atoms with Gasteiger partial charge in [-0.05, 0) is 25.5 Å². The lowest BCUT2D eigenvalue weighted by Gasteiger charge is -2.04. The van der Waals surface area contributed by atoms with Gasteiger partial charge in [0, 0.05) is 31.2 Å². The van der Waals surface area contributed by atoms with E-state index >= 15 is 0 Å². The molecule has 98 valence electrons. The van der Waals surface area contributed by atoms with Crippen LogP contribution in [-0.2, 0) is 21.3 Å². The summed E-state index contributed by atoms with van der Waals surface area (Å²) in [6.45, 7) is 3.88. The lowest BCUT2D eigenvalue weighted by molar-refractivity contribution is 0.146. The Morgan fingerprint density at radius 3 is 2.82 bits per heavy atom. The molecule has 0 atom stereocenters. The Kier molecular flexibility index (Phi) is 6.07. The van der Waals surface area contributed by atoms with Crippen LogP contribution >= 0.6 is 11.3 Å². The molecule has 5 nitrogen and oxygen atoms in total. The maximum Gasteiger partial charge on any atom is 0.250 e. The molecule has 7 heteroatoms. The van der Waals surface area contributed by atoms with E-state index in [2.05, 4.69) is 4.72 Å². The number of ether oxygens (including phenoxy) is 1. The van der Waals surface area contributed by atoms with Gasteiger partial charge in [0.2, 0.25) is 10.0 Å². The van der Waals surface area contributed by atoms with Gasteiger partial charge in [-0.1, -0.05) is 0 Å². The summed E-state index contributed by atoms with van der Waals surface area (Å²) in [5, 5.41) is 0. The molecule has 0 amide bonds. The molecule has 0 aliphatic rings. The average Bonchev–Trinajstić information content (AvgIpc) is 2.78. The highest BCUT2D eigenvalue weighted by Crippen LogP contribution is 2.20. The number of thiophene rings is 1. The third kappa shape index (κ3) is 4.72. The van der Waals surface area contributed by atoms with Crippen LogP contribution in [0.1, 0.15) is 18.2 Å². The first-order chi connectivity index (χ1) is 8.10. The molecule has 1 aromatic heterocycles. The molecule has 0 spiro atoms. The number of hydrogen-bond donors (Lipinski definition) is 2. The van der Waals surface area contributed by atoms with Gasteiger partial charge in [-0.15, -0.1) is 11.3 Å². The van der Waals surface area contributed by atoms with Crippen molar-refractivity contribution in [2.24, 2.45) is 5.73 Å². The van der Waals surface area contributed by atoms with E-state index in [1.807, 2.05) is 6.92 Å². The van der Waals surface area contributed by atoms with Gasteiger partial charge in [-0.2, -0.15) is 0 Å². The van der Waals surface area contributed by atoms with Gasteiger partial charge in [0.05, 0.1) is 0 Å². The zero-order valence-electron chi connectivity index (χ0n) is 9.81. The monoisotopic (exact) mass is 278 g/mol. The van der Waals surface area contributed by atoms with Crippen LogP contribution in [0.2, 0.25) is 0 Å². The summed E-state index contributed by atoms with van der Waals surface area (Å²) in [7, 11) is -3.38.